The van der Waals surface area contributed by atoms with Gasteiger partial charge < -0.3 is 10.2 Å². The molecule has 2 nitrogen and oxygen atoms in total. The van der Waals surface area contributed by atoms with E-state index in [4.69, 9.17) is 10.2 Å². The molecule has 1 rings (SSSR count). The van der Waals surface area contributed by atoms with E-state index in [-0.39, 0.29) is 6.61 Å². The number of rotatable bonds is 1. The average molecular weight is 230 g/mol. The summed E-state index contributed by atoms with van der Waals surface area (Å²) < 4.78 is 0. The molecule has 0 saturated carbocycles. The first kappa shape index (κ1) is 12.4. The number of aliphatic hydroxyl groups is 2. The summed E-state index contributed by atoms with van der Waals surface area (Å²) in [5.41, 5.74) is 0. The van der Waals surface area contributed by atoms with Crippen LogP contribution >= 0.6 is 11.3 Å². The van der Waals surface area contributed by atoms with Gasteiger partial charge in [-0.2, -0.15) is 0 Å². The van der Waals surface area contributed by atoms with Gasteiger partial charge in [-0.15, -0.1) is 17.3 Å². The lowest BCUT2D eigenvalue weighted by Gasteiger charge is -1.90. The molecule has 80 valence electrons. The smallest absolute Gasteiger partial charge is 0.138 e. The molecule has 16 heavy (non-hydrogen) atoms. The van der Waals surface area contributed by atoms with E-state index >= 15 is 0 Å². The maximum absolute atomic E-state index is 8.92. The minimum absolute atomic E-state index is 0.371. The molecule has 1 aromatic rings. The Bertz CT molecular complexity index is 523. The van der Waals surface area contributed by atoms with Crippen molar-refractivity contribution in [3.63, 3.8) is 0 Å². The van der Waals surface area contributed by atoms with E-state index < -0.39 is 6.10 Å². The molecular weight excluding hydrogens is 220 g/mol. The molecule has 0 aromatic carbocycles. The highest BCUT2D eigenvalue weighted by Gasteiger charge is 1.93. The third-order valence-electron chi connectivity index (χ3n) is 1.51. The molecule has 0 aliphatic heterocycles. The van der Waals surface area contributed by atoms with Crippen molar-refractivity contribution in [3.8, 4) is 35.5 Å². The fourth-order valence-electron chi connectivity index (χ4n) is 0.853. The number of thiophene rings is 1. The molecule has 2 N–H and O–H groups in total. The molecule has 0 radical (unpaired) electrons. The minimum atomic E-state index is -1.01. The molecule has 0 fully saturated rings. The van der Waals surface area contributed by atoms with Crippen molar-refractivity contribution in [1.29, 1.82) is 0 Å². The molecule has 1 unspecified atom stereocenters. The number of hydrogen-bond donors (Lipinski definition) is 2. The molecule has 0 bridgehead atoms. The maximum Gasteiger partial charge on any atom is 0.138 e. The summed E-state index contributed by atoms with van der Waals surface area (Å²) >= 11 is 1.50. The van der Waals surface area contributed by atoms with Gasteiger partial charge in [0, 0.05) is 0 Å². The van der Waals surface area contributed by atoms with Crippen LogP contribution in [0.4, 0.5) is 0 Å². The largest absolute Gasteiger partial charge is 0.393 e. The van der Waals surface area contributed by atoms with Crippen LogP contribution in [0.1, 0.15) is 16.7 Å². The van der Waals surface area contributed by atoms with Crippen LogP contribution in [-0.4, -0.2) is 22.9 Å². The molecule has 0 amide bonds. The topological polar surface area (TPSA) is 40.5 Å². The standard InChI is InChI=1S/C13H10O2S/c1-2-5-12-8-9-13(16-12)7-4-3-6-11(15)10-14/h8-9,11,14-15H,10H2,1H3. The van der Waals surface area contributed by atoms with Gasteiger partial charge in [-0.3, -0.25) is 0 Å². The van der Waals surface area contributed by atoms with Crippen molar-refractivity contribution in [2.75, 3.05) is 6.61 Å². The van der Waals surface area contributed by atoms with Crippen LogP contribution in [0, 0.1) is 35.5 Å². The van der Waals surface area contributed by atoms with Crippen LogP contribution in [0.3, 0.4) is 0 Å². The quantitative estimate of drug-likeness (QED) is 0.701. The van der Waals surface area contributed by atoms with Crippen LogP contribution in [0.15, 0.2) is 12.1 Å². The van der Waals surface area contributed by atoms with Crippen LogP contribution in [0.25, 0.3) is 0 Å². The van der Waals surface area contributed by atoms with Gasteiger partial charge in [-0.1, -0.05) is 11.8 Å². The zero-order valence-electron chi connectivity index (χ0n) is 8.74. The van der Waals surface area contributed by atoms with Crippen LogP contribution in [-0.2, 0) is 0 Å². The SMILES string of the molecule is CC#Cc1ccc(C#CC#CC(O)CO)s1. The molecule has 0 aliphatic carbocycles. The second-order valence-corrected chi connectivity index (χ2v) is 3.84. The predicted octanol–water partition coefficient (Wildman–Crippen LogP) is 0.828. The molecule has 1 heterocycles. The van der Waals surface area contributed by atoms with Crippen LogP contribution < -0.4 is 0 Å². The van der Waals surface area contributed by atoms with E-state index in [1.54, 1.807) is 6.92 Å². The number of aliphatic hydroxyl groups excluding tert-OH is 2. The van der Waals surface area contributed by atoms with Gasteiger partial charge in [-0.25, -0.2) is 0 Å². The molecule has 0 spiro atoms. The first-order valence-electron chi connectivity index (χ1n) is 4.59. The molecule has 0 saturated heterocycles. The maximum atomic E-state index is 8.92. The third kappa shape index (κ3) is 4.22. The first-order chi connectivity index (χ1) is 7.76. The Morgan fingerprint density at radius 1 is 1.25 bits per heavy atom. The summed E-state index contributed by atoms with van der Waals surface area (Å²) in [4.78, 5) is 1.85. The molecular formula is C13H10O2S. The molecule has 1 aromatic heterocycles. The van der Waals surface area contributed by atoms with Gasteiger partial charge in [0.2, 0.25) is 0 Å². The van der Waals surface area contributed by atoms with E-state index in [0.717, 1.165) is 9.75 Å². The Kier molecular flexibility index (Phi) is 5.20. The summed E-state index contributed by atoms with van der Waals surface area (Å²) in [7, 11) is 0. The van der Waals surface area contributed by atoms with Crippen molar-refractivity contribution in [2.24, 2.45) is 0 Å². The van der Waals surface area contributed by atoms with E-state index in [9.17, 15) is 0 Å². The van der Waals surface area contributed by atoms with Crippen molar-refractivity contribution < 1.29 is 10.2 Å². The fourth-order valence-corrected chi connectivity index (χ4v) is 1.62. The van der Waals surface area contributed by atoms with Gasteiger partial charge >= 0.3 is 0 Å². The van der Waals surface area contributed by atoms with E-state index in [1.165, 1.54) is 11.3 Å². The third-order valence-corrected chi connectivity index (χ3v) is 2.43. The summed E-state index contributed by atoms with van der Waals surface area (Å²) in [6, 6.07) is 3.78. The number of hydrogen-bond acceptors (Lipinski definition) is 3. The van der Waals surface area contributed by atoms with E-state index in [1.807, 2.05) is 12.1 Å². The van der Waals surface area contributed by atoms with Gasteiger partial charge in [0.15, 0.2) is 0 Å². The van der Waals surface area contributed by atoms with Crippen LogP contribution in [0.2, 0.25) is 0 Å². The van der Waals surface area contributed by atoms with Crippen molar-refractivity contribution >= 4 is 11.3 Å². The summed E-state index contributed by atoms with van der Waals surface area (Å²) in [5.74, 6) is 16.1. The van der Waals surface area contributed by atoms with E-state index in [2.05, 4.69) is 35.5 Å². The second-order valence-electron chi connectivity index (χ2n) is 2.76. The lowest BCUT2D eigenvalue weighted by atomic mass is 10.3. The van der Waals surface area contributed by atoms with Gasteiger partial charge in [0.25, 0.3) is 0 Å². The van der Waals surface area contributed by atoms with Gasteiger partial charge in [0.1, 0.15) is 6.10 Å². The Balaban J connectivity index is 2.67. The van der Waals surface area contributed by atoms with Crippen LogP contribution in [0.5, 0.6) is 0 Å². The normalized spacial score (nSPS) is 9.94. The van der Waals surface area contributed by atoms with E-state index in [0.29, 0.717) is 0 Å². The highest BCUT2D eigenvalue weighted by molar-refractivity contribution is 7.13. The highest BCUT2D eigenvalue weighted by Crippen LogP contribution is 2.13. The molecule has 0 aliphatic rings. The lowest BCUT2D eigenvalue weighted by molar-refractivity contribution is 0.138. The average Bonchev–Trinajstić information content (AvgIpc) is 2.72. The zero-order valence-corrected chi connectivity index (χ0v) is 9.56. The Morgan fingerprint density at radius 2 is 1.94 bits per heavy atom. The van der Waals surface area contributed by atoms with Crippen molar-refractivity contribution in [3.05, 3.63) is 21.9 Å². The summed E-state index contributed by atoms with van der Waals surface area (Å²) in [6.07, 6.45) is -1.01. The Morgan fingerprint density at radius 3 is 2.56 bits per heavy atom. The lowest BCUT2D eigenvalue weighted by Crippen LogP contribution is -2.07. The van der Waals surface area contributed by atoms with Crippen molar-refractivity contribution in [2.45, 2.75) is 13.0 Å². The van der Waals surface area contributed by atoms with Crippen molar-refractivity contribution in [1.82, 2.24) is 0 Å². The van der Waals surface area contributed by atoms with Gasteiger partial charge in [-0.05, 0) is 36.8 Å². The summed E-state index contributed by atoms with van der Waals surface area (Å²) in [6.45, 7) is 1.41. The second kappa shape index (κ2) is 6.72. The Labute approximate surface area is 98.9 Å². The monoisotopic (exact) mass is 230 g/mol. The highest BCUT2D eigenvalue weighted by atomic mass is 32.1. The minimum Gasteiger partial charge on any atom is -0.393 e. The fraction of sp³-hybridized carbons (Fsp3) is 0.231. The molecule has 3 heteroatoms. The zero-order chi connectivity index (χ0) is 11.8. The first-order valence-corrected chi connectivity index (χ1v) is 5.41. The molecule has 1 atom stereocenters. The predicted molar refractivity (Wildman–Crippen MR) is 64.6 cm³/mol. The summed E-state index contributed by atoms with van der Waals surface area (Å²) in [5, 5.41) is 17.4. The Hall–Kier alpha value is -1.70. The van der Waals surface area contributed by atoms with Gasteiger partial charge in [0.05, 0.1) is 16.4 Å².